The van der Waals surface area contributed by atoms with Gasteiger partial charge in [-0.1, -0.05) is 6.07 Å². The maximum Gasteiger partial charge on any atom is 0.160 e. The summed E-state index contributed by atoms with van der Waals surface area (Å²) >= 11 is 0. The van der Waals surface area contributed by atoms with Gasteiger partial charge in [-0.2, -0.15) is 5.26 Å². The predicted molar refractivity (Wildman–Crippen MR) is 79.6 cm³/mol. The number of methoxy groups -OCH3 is 2. The van der Waals surface area contributed by atoms with Crippen molar-refractivity contribution < 1.29 is 14.6 Å². The summed E-state index contributed by atoms with van der Waals surface area (Å²) in [7, 11) is 3.08. The molecule has 2 N–H and O–H groups in total. The number of ether oxygens (including phenoxy) is 2. The van der Waals surface area contributed by atoms with Crippen LogP contribution in [0.4, 0.5) is 5.69 Å². The summed E-state index contributed by atoms with van der Waals surface area (Å²) in [5, 5.41) is 22.2. The van der Waals surface area contributed by atoms with E-state index < -0.39 is 6.04 Å². The van der Waals surface area contributed by atoms with E-state index in [-0.39, 0.29) is 5.75 Å². The fourth-order valence-corrected chi connectivity index (χ4v) is 1.93. The molecular formula is C16H16N2O3. The average molecular weight is 284 g/mol. The third-order valence-corrected chi connectivity index (χ3v) is 3.07. The van der Waals surface area contributed by atoms with E-state index in [9.17, 15) is 10.4 Å². The Morgan fingerprint density at radius 2 is 1.81 bits per heavy atom. The van der Waals surface area contributed by atoms with Crippen molar-refractivity contribution in [2.75, 3.05) is 19.5 Å². The van der Waals surface area contributed by atoms with Gasteiger partial charge in [0.15, 0.2) is 11.5 Å². The van der Waals surface area contributed by atoms with Crippen molar-refractivity contribution in [3.8, 4) is 23.3 Å². The lowest BCUT2D eigenvalue weighted by Crippen LogP contribution is -2.08. The molecule has 0 heterocycles. The highest BCUT2D eigenvalue weighted by molar-refractivity contribution is 5.51. The van der Waals surface area contributed by atoms with Crippen molar-refractivity contribution in [3.63, 3.8) is 0 Å². The van der Waals surface area contributed by atoms with Gasteiger partial charge in [-0.15, -0.1) is 0 Å². The standard InChI is InChI=1S/C16H16N2O3/c1-20-13-6-4-12(5-7-13)18-14(10-17)11-3-8-16(21-2)15(19)9-11/h3-9,14,18-19H,1-2H3. The molecule has 0 bridgehead atoms. The van der Waals surface area contributed by atoms with Gasteiger partial charge >= 0.3 is 0 Å². The molecule has 2 aromatic rings. The van der Waals surface area contributed by atoms with E-state index in [1.165, 1.54) is 13.2 Å². The van der Waals surface area contributed by atoms with Gasteiger partial charge in [0.1, 0.15) is 11.8 Å². The lowest BCUT2D eigenvalue weighted by atomic mass is 10.1. The van der Waals surface area contributed by atoms with Crippen LogP contribution < -0.4 is 14.8 Å². The molecule has 0 radical (unpaired) electrons. The third kappa shape index (κ3) is 3.37. The van der Waals surface area contributed by atoms with E-state index in [2.05, 4.69) is 11.4 Å². The minimum Gasteiger partial charge on any atom is -0.504 e. The Hall–Kier alpha value is -2.87. The van der Waals surface area contributed by atoms with Crippen LogP contribution >= 0.6 is 0 Å². The van der Waals surface area contributed by atoms with Gasteiger partial charge in [0.25, 0.3) is 0 Å². The molecule has 108 valence electrons. The minimum atomic E-state index is -0.574. The van der Waals surface area contributed by atoms with Crippen LogP contribution in [-0.4, -0.2) is 19.3 Å². The van der Waals surface area contributed by atoms with E-state index in [4.69, 9.17) is 9.47 Å². The first kappa shape index (κ1) is 14.5. The van der Waals surface area contributed by atoms with Gasteiger partial charge in [0, 0.05) is 5.69 Å². The zero-order valence-electron chi connectivity index (χ0n) is 11.8. The van der Waals surface area contributed by atoms with Gasteiger partial charge in [0.05, 0.1) is 20.3 Å². The zero-order chi connectivity index (χ0) is 15.2. The number of hydrogen-bond donors (Lipinski definition) is 2. The minimum absolute atomic E-state index is 0.00628. The van der Waals surface area contributed by atoms with Gasteiger partial charge in [0.2, 0.25) is 0 Å². The van der Waals surface area contributed by atoms with E-state index in [1.807, 2.05) is 24.3 Å². The van der Waals surface area contributed by atoms with Crippen molar-refractivity contribution in [2.45, 2.75) is 6.04 Å². The molecule has 5 heteroatoms. The van der Waals surface area contributed by atoms with E-state index in [1.54, 1.807) is 19.2 Å². The van der Waals surface area contributed by atoms with Gasteiger partial charge in [-0.3, -0.25) is 0 Å². The molecule has 21 heavy (non-hydrogen) atoms. The second-order valence-electron chi connectivity index (χ2n) is 4.37. The number of rotatable bonds is 5. The number of nitrogens with zero attached hydrogens (tertiary/aromatic N) is 1. The molecule has 0 aromatic heterocycles. The normalized spacial score (nSPS) is 11.3. The Morgan fingerprint density at radius 1 is 1.10 bits per heavy atom. The van der Waals surface area contributed by atoms with Crippen LogP contribution in [0, 0.1) is 11.3 Å². The van der Waals surface area contributed by atoms with Crippen LogP contribution in [0.3, 0.4) is 0 Å². The van der Waals surface area contributed by atoms with Crippen molar-refractivity contribution in [1.82, 2.24) is 0 Å². The van der Waals surface area contributed by atoms with E-state index in [0.29, 0.717) is 11.3 Å². The Balaban J connectivity index is 2.19. The second kappa shape index (κ2) is 6.53. The number of nitrogens with one attached hydrogen (secondary N) is 1. The quantitative estimate of drug-likeness (QED) is 0.882. The fraction of sp³-hybridized carbons (Fsp3) is 0.188. The molecule has 0 amide bonds. The van der Waals surface area contributed by atoms with Crippen molar-refractivity contribution >= 4 is 5.69 Å². The lowest BCUT2D eigenvalue weighted by molar-refractivity contribution is 0.373. The van der Waals surface area contributed by atoms with Crippen LogP contribution in [0.15, 0.2) is 42.5 Å². The molecule has 0 fully saturated rings. The summed E-state index contributed by atoms with van der Waals surface area (Å²) in [6.45, 7) is 0. The SMILES string of the molecule is COc1ccc(NC(C#N)c2ccc(OC)c(O)c2)cc1. The highest BCUT2D eigenvalue weighted by atomic mass is 16.5. The summed E-state index contributed by atoms with van der Waals surface area (Å²) in [6, 6.07) is 13.7. The summed E-state index contributed by atoms with van der Waals surface area (Å²) in [5.41, 5.74) is 1.45. The summed E-state index contributed by atoms with van der Waals surface area (Å²) in [4.78, 5) is 0. The molecule has 5 nitrogen and oxygen atoms in total. The topological polar surface area (TPSA) is 74.5 Å². The molecule has 2 aromatic carbocycles. The highest BCUT2D eigenvalue weighted by Crippen LogP contribution is 2.30. The molecule has 0 saturated heterocycles. The number of benzene rings is 2. The number of phenolic OH excluding ortho intramolecular Hbond substituents is 1. The van der Waals surface area contributed by atoms with Crippen LogP contribution in [0.5, 0.6) is 17.2 Å². The number of aromatic hydroxyl groups is 1. The Morgan fingerprint density at radius 3 is 2.33 bits per heavy atom. The monoisotopic (exact) mass is 284 g/mol. The maximum absolute atomic E-state index is 9.79. The molecular weight excluding hydrogens is 268 g/mol. The lowest BCUT2D eigenvalue weighted by Gasteiger charge is -2.14. The number of phenols is 1. The average Bonchev–Trinajstić information content (AvgIpc) is 2.53. The molecule has 1 atom stereocenters. The van der Waals surface area contributed by atoms with Gasteiger partial charge < -0.3 is 19.9 Å². The number of anilines is 1. The smallest absolute Gasteiger partial charge is 0.160 e. The summed E-state index contributed by atoms with van der Waals surface area (Å²) < 4.78 is 10.1. The Labute approximate surface area is 123 Å². The molecule has 2 rings (SSSR count). The first-order chi connectivity index (χ1) is 10.2. The van der Waals surface area contributed by atoms with Crippen molar-refractivity contribution in [2.24, 2.45) is 0 Å². The fourth-order valence-electron chi connectivity index (χ4n) is 1.93. The molecule has 0 aliphatic rings. The third-order valence-electron chi connectivity index (χ3n) is 3.07. The number of nitriles is 1. The molecule has 1 unspecified atom stereocenters. The first-order valence-corrected chi connectivity index (χ1v) is 6.35. The van der Waals surface area contributed by atoms with Crippen molar-refractivity contribution in [1.29, 1.82) is 5.26 Å². The molecule has 0 saturated carbocycles. The van der Waals surface area contributed by atoms with E-state index in [0.717, 1.165) is 11.4 Å². The van der Waals surface area contributed by atoms with Crippen LogP contribution in [0.2, 0.25) is 0 Å². The highest BCUT2D eigenvalue weighted by Gasteiger charge is 2.13. The molecule has 0 aliphatic heterocycles. The summed E-state index contributed by atoms with van der Waals surface area (Å²) in [5.74, 6) is 1.13. The predicted octanol–water partition coefficient (Wildman–Crippen LogP) is 3.09. The largest absolute Gasteiger partial charge is 0.504 e. The Kier molecular flexibility index (Phi) is 4.52. The molecule has 0 spiro atoms. The maximum atomic E-state index is 9.79. The van der Waals surface area contributed by atoms with E-state index >= 15 is 0 Å². The van der Waals surface area contributed by atoms with Crippen LogP contribution in [0.25, 0.3) is 0 Å². The number of hydrogen-bond acceptors (Lipinski definition) is 5. The van der Waals surface area contributed by atoms with Crippen LogP contribution in [0.1, 0.15) is 11.6 Å². The summed E-state index contributed by atoms with van der Waals surface area (Å²) in [6.07, 6.45) is 0. The zero-order valence-corrected chi connectivity index (χ0v) is 11.8. The van der Waals surface area contributed by atoms with Gasteiger partial charge in [-0.25, -0.2) is 0 Å². The van der Waals surface area contributed by atoms with Gasteiger partial charge in [-0.05, 0) is 42.0 Å². The van der Waals surface area contributed by atoms with Crippen LogP contribution in [-0.2, 0) is 0 Å². The first-order valence-electron chi connectivity index (χ1n) is 6.35. The van der Waals surface area contributed by atoms with Crippen molar-refractivity contribution in [3.05, 3.63) is 48.0 Å². The molecule has 0 aliphatic carbocycles. The second-order valence-corrected chi connectivity index (χ2v) is 4.37. The Bertz CT molecular complexity index is 648.